The number of hydrogen-bond acceptors (Lipinski definition) is 3. The van der Waals surface area contributed by atoms with Gasteiger partial charge in [-0.15, -0.1) is 0 Å². The van der Waals surface area contributed by atoms with Crippen LogP contribution >= 0.6 is 27.5 Å². The highest BCUT2D eigenvalue weighted by Gasteiger charge is 2.29. The number of hydrogen-bond donors (Lipinski definition) is 1. The van der Waals surface area contributed by atoms with Crippen LogP contribution in [0.4, 0.5) is 0 Å². The molecular formula is C16H15BrClN3O. The molecule has 0 saturated carbocycles. The summed E-state index contributed by atoms with van der Waals surface area (Å²) in [5, 5.41) is 3.79. The van der Waals surface area contributed by atoms with Crippen molar-refractivity contribution in [3.05, 3.63) is 63.3 Å². The molecule has 3 rings (SSSR count). The molecule has 0 aliphatic carbocycles. The molecule has 1 amide bonds. The van der Waals surface area contributed by atoms with E-state index in [1.54, 1.807) is 24.5 Å². The van der Waals surface area contributed by atoms with Gasteiger partial charge in [0.15, 0.2) is 0 Å². The van der Waals surface area contributed by atoms with Crippen molar-refractivity contribution in [1.82, 2.24) is 15.2 Å². The van der Waals surface area contributed by atoms with Crippen LogP contribution in [-0.4, -0.2) is 35.4 Å². The summed E-state index contributed by atoms with van der Waals surface area (Å²) in [7, 11) is 0. The van der Waals surface area contributed by atoms with E-state index in [9.17, 15) is 4.79 Å². The number of amides is 1. The standard InChI is InChI=1S/C16H15BrClN3O/c17-12-3-4-13(14(18)8-12)16(22)21-7-6-20-10-15(21)11-2-1-5-19-9-11/h1-5,8-9,15,20H,6-7,10H2. The van der Waals surface area contributed by atoms with Gasteiger partial charge in [0, 0.05) is 36.5 Å². The number of halogens is 2. The number of benzene rings is 1. The summed E-state index contributed by atoms with van der Waals surface area (Å²) in [5.74, 6) is -0.0483. The predicted octanol–water partition coefficient (Wildman–Crippen LogP) is 3.28. The number of piperazine rings is 1. The Bertz CT molecular complexity index is 680. The molecule has 0 radical (unpaired) electrons. The average Bonchev–Trinajstić information content (AvgIpc) is 2.55. The van der Waals surface area contributed by atoms with Gasteiger partial charge < -0.3 is 10.2 Å². The molecule has 1 aliphatic rings. The lowest BCUT2D eigenvalue weighted by atomic mass is 10.0. The maximum Gasteiger partial charge on any atom is 0.255 e. The second-order valence-corrected chi connectivity index (χ2v) is 6.45. The number of pyridine rings is 1. The van der Waals surface area contributed by atoms with Crippen molar-refractivity contribution < 1.29 is 4.79 Å². The summed E-state index contributed by atoms with van der Waals surface area (Å²) >= 11 is 9.59. The van der Waals surface area contributed by atoms with Gasteiger partial charge in [0.25, 0.3) is 5.91 Å². The van der Waals surface area contributed by atoms with Gasteiger partial charge in [0.1, 0.15) is 0 Å². The fraction of sp³-hybridized carbons (Fsp3) is 0.250. The van der Waals surface area contributed by atoms with Gasteiger partial charge in [0.05, 0.1) is 16.6 Å². The second-order valence-electron chi connectivity index (χ2n) is 5.13. The third-order valence-corrected chi connectivity index (χ3v) is 4.54. The van der Waals surface area contributed by atoms with Gasteiger partial charge in [-0.1, -0.05) is 33.6 Å². The Morgan fingerprint density at radius 3 is 3.00 bits per heavy atom. The molecule has 0 bridgehead atoms. The molecule has 1 saturated heterocycles. The molecule has 2 aromatic rings. The molecule has 22 heavy (non-hydrogen) atoms. The minimum Gasteiger partial charge on any atom is -0.329 e. The minimum absolute atomic E-state index is 0.0327. The van der Waals surface area contributed by atoms with Crippen molar-refractivity contribution >= 4 is 33.4 Å². The van der Waals surface area contributed by atoms with Gasteiger partial charge in [-0.05, 0) is 29.8 Å². The first kappa shape index (κ1) is 15.5. The SMILES string of the molecule is O=C(c1ccc(Br)cc1Cl)N1CCNCC1c1cccnc1. The zero-order chi connectivity index (χ0) is 15.5. The summed E-state index contributed by atoms with van der Waals surface area (Å²) in [4.78, 5) is 18.9. The van der Waals surface area contributed by atoms with E-state index in [0.717, 1.165) is 16.6 Å². The van der Waals surface area contributed by atoms with E-state index in [1.165, 1.54) is 0 Å². The molecule has 1 aliphatic heterocycles. The molecule has 114 valence electrons. The number of rotatable bonds is 2. The lowest BCUT2D eigenvalue weighted by Crippen LogP contribution is -2.48. The zero-order valence-corrected chi connectivity index (χ0v) is 14.1. The predicted molar refractivity (Wildman–Crippen MR) is 90.0 cm³/mol. The molecule has 1 aromatic carbocycles. The fourth-order valence-electron chi connectivity index (χ4n) is 2.64. The van der Waals surface area contributed by atoms with E-state index >= 15 is 0 Å². The third kappa shape index (κ3) is 3.16. The molecule has 1 unspecified atom stereocenters. The molecule has 1 N–H and O–H groups in total. The number of carbonyl (C=O) groups is 1. The van der Waals surface area contributed by atoms with Crippen molar-refractivity contribution in [3.8, 4) is 0 Å². The summed E-state index contributed by atoms with van der Waals surface area (Å²) in [6, 6.07) is 9.19. The Labute approximate surface area is 142 Å². The molecular weight excluding hydrogens is 366 g/mol. The van der Waals surface area contributed by atoms with Crippen LogP contribution in [0.5, 0.6) is 0 Å². The molecule has 1 aromatic heterocycles. The first-order chi connectivity index (χ1) is 10.7. The Morgan fingerprint density at radius 1 is 1.41 bits per heavy atom. The Hall–Kier alpha value is -1.43. The summed E-state index contributed by atoms with van der Waals surface area (Å²) in [6.45, 7) is 2.13. The van der Waals surface area contributed by atoms with E-state index in [-0.39, 0.29) is 11.9 Å². The molecule has 0 spiro atoms. The van der Waals surface area contributed by atoms with Gasteiger partial charge in [-0.2, -0.15) is 0 Å². The first-order valence-electron chi connectivity index (χ1n) is 7.03. The van der Waals surface area contributed by atoms with Crippen LogP contribution in [0.2, 0.25) is 5.02 Å². The molecule has 1 fully saturated rings. The summed E-state index contributed by atoms with van der Waals surface area (Å²) in [5.41, 5.74) is 1.55. The van der Waals surface area contributed by atoms with Crippen molar-refractivity contribution in [1.29, 1.82) is 0 Å². The molecule has 2 heterocycles. The minimum atomic E-state index is -0.0483. The number of aromatic nitrogens is 1. The van der Waals surface area contributed by atoms with Gasteiger partial charge in [-0.3, -0.25) is 9.78 Å². The molecule has 6 heteroatoms. The topological polar surface area (TPSA) is 45.2 Å². The number of nitrogens with one attached hydrogen (secondary N) is 1. The lowest BCUT2D eigenvalue weighted by Gasteiger charge is -2.36. The second kappa shape index (κ2) is 6.77. The number of carbonyl (C=O) groups excluding carboxylic acids is 1. The van der Waals surface area contributed by atoms with Crippen LogP contribution in [-0.2, 0) is 0 Å². The van der Waals surface area contributed by atoms with Gasteiger partial charge >= 0.3 is 0 Å². The maximum absolute atomic E-state index is 12.9. The molecule has 4 nitrogen and oxygen atoms in total. The van der Waals surface area contributed by atoms with Crippen LogP contribution in [0, 0.1) is 0 Å². The third-order valence-electron chi connectivity index (χ3n) is 3.73. The smallest absolute Gasteiger partial charge is 0.255 e. The van der Waals surface area contributed by atoms with Crippen molar-refractivity contribution in [2.45, 2.75) is 6.04 Å². The van der Waals surface area contributed by atoms with Crippen molar-refractivity contribution in [2.75, 3.05) is 19.6 Å². The van der Waals surface area contributed by atoms with Gasteiger partial charge in [-0.25, -0.2) is 0 Å². The first-order valence-corrected chi connectivity index (χ1v) is 8.20. The highest BCUT2D eigenvalue weighted by Crippen LogP contribution is 2.27. The van der Waals surface area contributed by atoms with Crippen LogP contribution in [0.1, 0.15) is 22.0 Å². The number of nitrogens with zero attached hydrogens (tertiary/aromatic N) is 2. The summed E-state index contributed by atoms with van der Waals surface area (Å²) < 4.78 is 0.859. The van der Waals surface area contributed by atoms with Crippen LogP contribution < -0.4 is 5.32 Å². The quantitative estimate of drug-likeness (QED) is 0.869. The van der Waals surface area contributed by atoms with E-state index in [1.807, 2.05) is 23.1 Å². The summed E-state index contributed by atoms with van der Waals surface area (Å²) in [6.07, 6.45) is 3.54. The van der Waals surface area contributed by atoms with E-state index in [4.69, 9.17) is 11.6 Å². The highest BCUT2D eigenvalue weighted by molar-refractivity contribution is 9.10. The van der Waals surface area contributed by atoms with Crippen LogP contribution in [0.3, 0.4) is 0 Å². The van der Waals surface area contributed by atoms with E-state index < -0.39 is 0 Å². The lowest BCUT2D eigenvalue weighted by molar-refractivity contribution is 0.0634. The Kier molecular flexibility index (Phi) is 4.76. The van der Waals surface area contributed by atoms with Crippen LogP contribution in [0.25, 0.3) is 0 Å². The Morgan fingerprint density at radius 2 is 2.27 bits per heavy atom. The van der Waals surface area contributed by atoms with E-state index in [0.29, 0.717) is 23.7 Å². The highest BCUT2D eigenvalue weighted by atomic mass is 79.9. The largest absolute Gasteiger partial charge is 0.329 e. The van der Waals surface area contributed by atoms with Crippen molar-refractivity contribution in [2.24, 2.45) is 0 Å². The fourth-order valence-corrected chi connectivity index (χ4v) is 3.39. The van der Waals surface area contributed by atoms with Gasteiger partial charge in [0.2, 0.25) is 0 Å². The average molecular weight is 381 g/mol. The normalized spacial score (nSPS) is 18.3. The molecule has 1 atom stereocenters. The van der Waals surface area contributed by atoms with Crippen molar-refractivity contribution in [3.63, 3.8) is 0 Å². The zero-order valence-electron chi connectivity index (χ0n) is 11.8. The maximum atomic E-state index is 12.9. The Balaban J connectivity index is 1.92. The van der Waals surface area contributed by atoms with E-state index in [2.05, 4.69) is 26.2 Å². The monoisotopic (exact) mass is 379 g/mol. The van der Waals surface area contributed by atoms with Crippen LogP contribution in [0.15, 0.2) is 47.2 Å².